The first-order valence-electron chi connectivity index (χ1n) is 9.08. The molecule has 146 valence electrons. The molecule has 1 saturated heterocycles. The molecular weight excluding hydrogens is 383 g/mol. The van der Waals surface area contributed by atoms with Crippen molar-refractivity contribution >= 4 is 29.9 Å². The lowest BCUT2D eigenvalue weighted by atomic mass is 9.92. The number of piperidine rings is 1. The number of amides is 1. The summed E-state index contributed by atoms with van der Waals surface area (Å²) in [5, 5.41) is 7.07. The average Bonchev–Trinajstić information content (AvgIpc) is 2.66. The first-order valence-corrected chi connectivity index (χ1v) is 9.46. The van der Waals surface area contributed by atoms with Crippen LogP contribution in [0.2, 0.25) is 5.02 Å². The van der Waals surface area contributed by atoms with E-state index in [9.17, 15) is 4.79 Å². The van der Waals surface area contributed by atoms with Crippen LogP contribution in [-0.2, 0) is 17.9 Å². The van der Waals surface area contributed by atoms with Crippen LogP contribution in [-0.4, -0.2) is 18.5 Å². The Morgan fingerprint density at radius 3 is 2.63 bits per heavy atom. The molecule has 2 aromatic rings. The van der Waals surface area contributed by atoms with Gasteiger partial charge in [-0.2, -0.15) is 0 Å². The Balaban J connectivity index is 0.00000261. The van der Waals surface area contributed by atoms with Gasteiger partial charge in [0, 0.05) is 18.5 Å². The monoisotopic (exact) mass is 408 g/mol. The molecule has 2 atom stereocenters. The molecule has 1 aliphatic rings. The highest BCUT2D eigenvalue weighted by Gasteiger charge is 2.24. The van der Waals surface area contributed by atoms with Gasteiger partial charge in [-0.25, -0.2) is 0 Å². The third-order valence-electron chi connectivity index (χ3n) is 4.79. The molecule has 0 spiro atoms. The number of hydrogen-bond acceptors (Lipinski definition) is 3. The predicted octanol–water partition coefficient (Wildman–Crippen LogP) is 4.35. The number of carbonyl (C=O) groups is 1. The fourth-order valence-corrected chi connectivity index (χ4v) is 3.48. The van der Waals surface area contributed by atoms with Crippen molar-refractivity contribution in [2.45, 2.75) is 39.0 Å². The maximum atomic E-state index is 12.5. The Morgan fingerprint density at radius 2 is 1.89 bits per heavy atom. The van der Waals surface area contributed by atoms with Crippen molar-refractivity contribution in [1.82, 2.24) is 10.6 Å². The topological polar surface area (TPSA) is 50.4 Å². The van der Waals surface area contributed by atoms with E-state index in [1.54, 1.807) is 0 Å². The van der Waals surface area contributed by atoms with E-state index in [1.807, 2.05) is 48.5 Å². The van der Waals surface area contributed by atoms with Crippen LogP contribution in [0.4, 0.5) is 0 Å². The molecule has 1 amide bonds. The molecule has 0 unspecified atom stereocenters. The van der Waals surface area contributed by atoms with Crippen LogP contribution in [0.5, 0.6) is 5.75 Å². The minimum absolute atomic E-state index is 0. The van der Waals surface area contributed by atoms with Crippen LogP contribution < -0.4 is 15.4 Å². The Bertz CT molecular complexity index is 754. The summed E-state index contributed by atoms with van der Waals surface area (Å²) in [4.78, 5) is 12.5. The molecule has 1 fully saturated rings. The van der Waals surface area contributed by atoms with Gasteiger partial charge in [-0.3, -0.25) is 4.79 Å². The summed E-state index contributed by atoms with van der Waals surface area (Å²) in [6, 6.07) is 15.8. The molecule has 0 radical (unpaired) electrons. The Labute approximate surface area is 172 Å². The number of ether oxygens (including phenoxy) is 1. The van der Waals surface area contributed by atoms with Crippen molar-refractivity contribution in [2.75, 3.05) is 6.54 Å². The summed E-state index contributed by atoms with van der Waals surface area (Å²) in [6.45, 7) is 3.96. The second-order valence-electron chi connectivity index (χ2n) is 6.78. The standard InChI is InChI=1S/C21H25ClN2O2.ClH/c1-15-12-16(10-11-23-15)21(25)24-13-17-6-2-3-7-18(17)14-26-20-9-5-4-8-19(20)22;/h2-9,15-16,23H,10-14H2,1H3,(H,24,25);1H/t15-,16-;/m0./s1. The maximum Gasteiger partial charge on any atom is 0.223 e. The van der Waals surface area contributed by atoms with E-state index >= 15 is 0 Å². The average molecular weight is 409 g/mol. The maximum absolute atomic E-state index is 12.5. The van der Waals surface area contributed by atoms with Crippen LogP contribution >= 0.6 is 24.0 Å². The SMILES string of the molecule is C[C@H]1C[C@@H](C(=O)NCc2ccccc2COc2ccccc2Cl)CCN1.Cl. The van der Waals surface area contributed by atoms with Gasteiger partial charge in [0.05, 0.1) is 5.02 Å². The van der Waals surface area contributed by atoms with Gasteiger partial charge in [0.25, 0.3) is 0 Å². The van der Waals surface area contributed by atoms with E-state index in [0.29, 0.717) is 30.0 Å². The van der Waals surface area contributed by atoms with Crippen LogP contribution in [0.3, 0.4) is 0 Å². The van der Waals surface area contributed by atoms with Gasteiger partial charge in [0.1, 0.15) is 12.4 Å². The normalized spacial score (nSPS) is 19.0. The van der Waals surface area contributed by atoms with E-state index in [1.165, 1.54) is 0 Å². The number of para-hydroxylation sites is 1. The second kappa shape index (κ2) is 10.5. The Morgan fingerprint density at radius 1 is 1.19 bits per heavy atom. The highest BCUT2D eigenvalue weighted by Crippen LogP contribution is 2.24. The lowest BCUT2D eigenvalue weighted by Gasteiger charge is -2.27. The number of benzene rings is 2. The molecule has 27 heavy (non-hydrogen) atoms. The molecule has 4 nitrogen and oxygen atoms in total. The molecular formula is C21H26Cl2N2O2. The first-order chi connectivity index (χ1) is 12.6. The van der Waals surface area contributed by atoms with Crippen LogP contribution in [0.15, 0.2) is 48.5 Å². The smallest absolute Gasteiger partial charge is 0.223 e. The van der Waals surface area contributed by atoms with Gasteiger partial charge in [-0.05, 0) is 49.6 Å². The summed E-state index contributed by atoms with van der Waals surface area (Å²) >= 11 is 6.14. The number of carbonyl (C=O) groups excluding carboxylic acids is 1. The minimum Gasteiger partial charge on any atom is -0.487 e. The molecule has 0 bridgehead atoms. The summed E-state index contributed by atoms with van der Waals surface area (Å²) < 4.78 is 5.85. The zero-order valence-electron chi connectivity index (χ0n) is 15.4. The third kappa shape index (κ3) is 6.13. The van der Waals surface area contributed by atoms with E-state index in [4.69, 9.17) is 16.3 Å². The predicted molar refractivity (Wildman–Crippen MR) is 112 cm³/mol. The van der Waals surface area contributed by atoms with Crippen molar-refractivity contribution in [3.05, 3.63) is 64.7 Å². The van der Waals surface area contributed by atoms with Crippen molar-refractivity contribution < 1.29 is 9.53 Å². The van der Waals surface area contributed by atoms with Gasteiger partial charge >= 0.3 is 0 Å². The van der Waals surface area contributed by atoms with Crippen molar-refractivity contribution in [3.63, 3.8) is 0 Å². The molecule has 3 rings (SSSR count). The summed E-state index contributed by atoms with van der Waals surface area (Å²) in [6.07, 6.45) is 1.79. The van der Waals surface area contributed by atoms with E-state index in [2.05, 4.69) is 17.6 Å². The van der Waals surface area contributed by atoms with Crippen molar-refractivity contribution in [2.24, 2.45) is 5.92 Å². The third-order valence-corrected chi connectivity index (χ3v) is 5.10. The largest absolute Gasteiger partial charge is 0.487 e. The molecule has 0 aromatic heterocycles. The first kappa shape index (κ1) is 21.5. The lowest BCUT2D eigenvalue weighted by molar-refractivity contribution is -0.126. The van der Waals surface area contributed by atoms with E-state index in [-0.39, 0.29) is 24.2 Å². The molecule has 1 aliphatic heterocycles. The van der Waals surface area contributed by atoms with Crippen LogP contribution in [0.1, 0.15) is 30.9 Å². The zero-order valence-corrected chi connectivity index (χ0v) is 17.0. The molecule has 2 aromatic carbocycles. The molecule has 2 N–H and O–H groups in total. The van der Waals surface area contributed by atoms with Gasteiger partial charge in [-0.15, -0.1) is 12.4 Å². The Hall–Kier alpha value is -1.75. The number of nitrogens with one attached hydrogen (secondary N) is 2. The zero-order chi connectivity index (χ0) is 18.4. The van der Waals surface area contributed by atoms with Crippen LogP contribution in [0, 0.1) is 5.92 Å². The summed E-state index contributed by atoms with van der Waals surface area (Å²) in [7, 11) is 0. The Kier molecular flexibility index (Phi) is 8.42. The van der Waals surface area contributed by atoms with Gasteiger partial charge in [0.15, 0.2) is 0 Å². The molecule has 6 heteroatoms. The number of halogens is 2. The highest BCUT2D eigenvalue weighted by atomic mass is 35.5. The number of rotatable bonds is 6. The van der Waals surface area contributed by atoms with Gasteiger partial charge < -0.3 is 15.4 Å². The number of hydrogen-bond donors (Lipinski definition) is 2. The summed E-state index contributed by atoms with van der Waals surface area (Å²) in [5.74, 6) is 0.898. The van der Waals surface area contributed by atoms with Crippen molar-refractivity contribution in [1.29, 1.82) is 0 Å². The fourth-order valence-electron chi connectivity index (χ4n) is 3.28. The van der Waals surface area contributed by atoms with Gasteiger partial charge in [-0.1, -0.05) is 48.0 Å². The highest BCUT2D eigenvalue weighted by molar-refractivity contribution is 6.32. The fraction of sp³-hybridized carbons (Fsp3) is 0.381. The van der Waals surface area contributed by atoms with E-state index in [0.717, 1.165) is 30.5 Å². The quantitative estimate of drug-likeness (QED) is 0.746. The van der Waals surface area contributed by atoms with E-state index < -0.39 is 0 Å². The second-order valence-corrected chi connectivity index (χ2v) is 7.19. The molecule has 0 aliphatic carbocycles. The minimum atomic E-state index is 0. The van der Waals surface area contributed by atoms with Gasteiger partial charge in [0.2, 0.25) is 5.91 Å². The van der Waals surface area contributed by atoms with Crippen LogP contribution in [0.25, 0.3) is 0 Å². The lowest BCUT2D eigenvalue weighted by Crippen LogP contribution is -2.42. The molecule has 1 heterocycles. The van der Waals surface area contributed by atoms with Crippen molar-refractivity contribution in [3.8, 4) is 5.75 Å². The molecule has 0 saturated carbocycles. The summed E-state index contributed by atoms with van der Waals surface area (Å²) in [5.41, 5.74) is 2.11.